The van der Waals surface area contributed by atoms with Crippen molar-refractivity contribution in [2.45, 2.75) is 4.21 Å². The van der Waals surface area contributed by atoms with E-state index in [0.717, 1.165) is 11.3 Å². The van der Waals surface area contributed by atoms with Crippen molar-refractivity contribution in [3.8, 4) is 0 Å². The molecule has 0 aliphatic carbocycles. The third-order valence-corrected chi connectivity index (χ3v) is 3.75. The third-order valence-electron chi connectivity index (χ3n) is 0.803. The molecule has 1 N–H and O–H groups in total. The second-order valence-corrected chi connectivity index (χ2v) is 5.65. The van der Waals surface area contributed by atoms with Crippen molar-refractivity contribution >= 4 is 86.3 Å². The van der Waals surface area contributed by atoms with Gasteiger partial charge >= 0.3 is 59.0 Å². The molecule has 1 rings (SSSR count). The summed E-state index contributed by atoms with van der Waals surface area (Å²) in [5, 5.41) is 0. The molecule has 3 nitrogen and oxygen atoms in total. The van der Waals surface area contributed by atoms with Crippen LogP contribution in [-0.2, 0) is 10.1 Å². The molecule has 0 unspecified atom stereocenters. The predicted octanol–water partition coefficient (Wildman–Crippen LogP) is 0.841. The van der Waals surface area contributed by atoms with E-state index in [2.05, 4.69) is 15.9 Å². The number of rotatable bonds is 1. The van der Waals surface area contributed by atoms with Crippen molar-refractivity contribution < 1.29 is 13.0 Å². The molecule has 0 radical (unpaired) electrons. The normalized spacial score (nSPS) is 10.7. The summed E-state index contributed by atoms with van der Waals surface area (Å²) >= 11 is 4.04. The van der Waals surface area contributed by atoms with Crippen molar-refractivity contribution in [1.29, 1.82) is 0 Å². The van der Waals surface area contributed by atoms with Gasteiger partial charge in [-0.15, -0.1) is 11.3 Å². The molecule has 0 atom stereocenters. The van der Waals surface area contributed by atoms with Crippen molar-refractivity contribution in [1.82, 2.24) is 0 Å². The fourth-order valence-electron chi connectivity index (χ4n) is 0.436. The Balaban J connectivity index is 0.000001000. The molecule has 1 aromatic heterocycles. The molecular formula is C4H5BaBrO3S2. The van der Waals surface area contributed by atoms with E-state index < -0.39 is 10.1 Å². The number of halogens is 1. The van der Waals surface area contributed by atoms with Crippen molar-refractivity contribution in [2.24, 2.45) is 0 Å². The van der Waals surface area contributed by atoms with E-state index in [9.17, 15) is 8.42 Å². The maximum atomic E-state index is 10.4. The Bertz CT molecular complexity index is 331. The number of thiophene rings is 1. The van der Waals surface area contributed by atoms with Gasteiger partial charge in [0, 0.05) is 0 Å². The summed E-state index contributed by atoms with van der Waals surface area (Å²) < 4.78 is 29.9. The zero-order valence-corrected chi connectivity index (χ0v) is 7.83. The van der Waals surface area contributed by atoms with Gasteiger partial charge in [-0.3, -0.25) is 4.55 Å². The van der Waals surface area contributed by atoms with Crippen LogP contribution in [0.15, 0.2) is 20.1 Å². The van der Waals surface area contributed by atoms with Crippen LogP contribution in [0.1, 0.15) is 0 Å². The molecule has 0 aromatic carbocycles. The van der Waals surface area contributed by atoms with Gasteiger partial charge in [-0.25, -0.2) is 0 Å². The van der Waals surface area contributed by atoms with Gasteiger partial charge in [0.15, 0.2) is 0 Å². The third kappa shape index (κ3) is 3.92. The Morgan fingerprint density at radius 3 is 2.18 bits per heavy atom. The van der Waals surface area contributed by atoms with E-state index in [1.165, 1.54) is 6.07 Å². The van der Waals surface area contributed by atoms with Crippen LogP contribution in [0.4, 0.5) is 0 Å². The minimum absolute atomic E-state index is 0. The van der Waals surface area contributed by atoms with E-state index in [4.69, 9.17) is 4.55 Å². The van der Waals surface area contributed by atoms with Crippen LogP contribution in [0.2, 0.25) is 0 Å². The van der Waals surface area contributed by atoms with Gasteiger partial charge in [-0.05, 0) is 28.1 Å². The first-order valence-electron chi connectivity index (χ1n) is 2.23. The molecule has 0 bridgehead atoms. The molecule has 7 heteroatoms. The van der Waals surface area contributed by atoms with Gasteiger partial charge in [0.2, 0.25) is 0 Å². The van der Waals surface area contributed by atoms with E-state index in [1.54, 1.807) is 6.07 Å². The predicted molar refractivity (Wildman–Crippen MR) is 50.4 cm³/mol. The Hall–Kier alpha value is 1.66. The number of hydrogen-bond acceptors (Lipinski definition) is 3. The molecule has 0 spiro atoms. The fourth-order valence-corrected chi connectivity index (χ4v) is 2.81. The summed E-state index contributed by atoms with van der Waals surface area (Å²) in [6, 6.07) is 2.90. The summed E-state index contributed by atoms with van der Waals surface area (Å²) in [7, 11) is -3.99. The molecule has 0 aliphatic rings. The fraction of sp³-hybridized carbons (Fsp3) is 0. The summed E-state index contributed by atoms with van der Waals surface area (Å²) in [5.41, 5.74) is 0. The topological polar surface area (TPSA) is 54.4 Å². The Morgan fingerprint density at radius 2 is 2.00 bits per heavy atom. The second-order valence-electron chi connectivity index (χ2n) is 1.53. The summed E-state index contributed by atoms with van der Waals surface area (Å²) in [6.45, 7) is 0. The van der Waals surface area contributed by atoms with Gasteiger partial charge in [0.25, 0.3) is 0 Å². The molecular weight excluding hydrogens is 377 g/mol. The van der Waals surface area contributed by atoms with E-state index in [-0.39, 0.29) is 53.1 Å². The molecule has 0 amide bonds. The van der Waals surface area contributed by atoms with Crippen molar-refractivity contribution in [3.63, 3.8) is 0 Å². The molecule has 0 saturated heterocycles. The maximum absolute atomic E-state index is 10.4. The standard InChI is InChI=1S/C4H3BrO3S2.Ba.2H/c5-3-1-2-4(9-3)10(6,7)8;;;/h1-2H,(H,6,7,8);;;. The second kappa shape index (κ2) is 4.77. The zero-order chi connectivity index (χ0) is 7.78. The van der Waals surface area contributed by atoms with Crippen LogP contribution >= 0.6 is 27.3 Å². The molecule has 0 fully saturated rings. The molecule has 0 saturated carbocycles. The first-order valence-corrected chi connectivity index (χ1v) is 5.28. The average Bonchev–Trinajstić information content (AvgIpc) is 2.11. The van der Waals surface area contributed by atoms with E-state index in [0.29, 0.717) is 3.79 Å². The molecule has 11 heavy (non-hydrogen) atoms. The molecule has 60 valence electrons. The molecule has 0 aliphatic heterocycles. The first kappa shape index (κ1) is 12.7. The van der Waals surface area contributed by atoms with Crippen LogP contribution in [0.25, 0.3) is 0 Å². The Kier molecular flexibility index (Phi) is 5.50. The zero-order valence-electron chi connectivity index (χ0n) is 4.61. The summed E-state index contributed by atoms with van der Waals surface area (Å²) in [4.78, 5) is 0. The quantitative estimate of drug-likeness (QED) is 0.579. The van der Waals surface area contributed by atoms with Crippen LogP contribution in [0, 0.1) is 0 Å². The average molecular weight is 382 g/mol. The molecule has 1 heterocycles. The van der Waals surface area contributed by atoms with Crippen LogP contribution in [0.3, 0.4) is 0 Å². The SMILES string of the molecule is O=S(=O)(O)c1ccc(Br)s1.[BaH2]. The monoisotopic (exact) mass is 382 g/mol. The van der Waals surface area contributed by atoms with E-state index in [1.807, 2.05) is 0 Å². The van der Waals surface area contributed by atoms with Gasteiger partial charge in [0.1, 0.15) is 4.21 Å². The van der Waals surface area contributed by atoms with Crippen LogP contribution in [-0.4, -0.2) is 61.9 Å². The van der Waals surface area contributed by atoms with Gasteiger partial charge < -0.3 is 0 Å². The van der Waals surface area contributed by atoms with Gasteiger partial charge in [-0.2, -0.15) is 8.42 Å². The Labute approximate surface area is 117 Å². The van der Waals surface area contributed by atoms with E-state index >= 15 is 0 Å². The Morgan fingerprint density at radius 1 is 1.45 bits per heavy atom. The van der Waals surface area contributed by atoms with Crippen LogP contribution < -0.4 is 0 Å². The number of hydrogen-bond donors (Lipinski definition) is 1. The minimum atomic E-state index is -3.99. The van der Waals surface area contributed by atoms with Gasteiger partial charge in [-0.1, -0.05) is 0 Å². The summed E-state index contributed by atoms with van der Waals surface area (Å²) in [5.74, 6) is 0. The van der Waals surface area contributed by atoms with Gasteiger partial charge in [0.05, 0.1) is 3.79 Å². The molecule has 1 aromatic rings. The van der Waals surface area contributed by atoms with Crippen molar-refractivity contribution in [3.05, 3.63) is 15.9 Å². The van der Waals surface area contributed by atoms with Crippen molar-refractivity contribution in [2.75, 3.05) is 0 Å². The van der Waals surface area contributed by atoms with Crippen LogP contribution in [0.5, 0.6) is 0 Å². The summed E-state index contributed by atoms with van der Waals surface area (Å²) in [6.07, 6.45) is 0. The first-order chi connectivity index (χ1) is 4.50.